The minimum absolute atomic E-state index is 0.0555. The SMILES string of the molecule is O=C(O)C[C@@](O)(C(=O)O)c1ccccc1. The van der Waals surface area contributed by atoms with E-state index in [9.17, 15) is 14.7 Å². The zero-order valence-corrected chi connectivity index (χ0v) is 7.75. The first-order valence-electron chi connectivity index (χ1n) is 4.20. The van der Waals surface area contributed by atoms with Gasteiger partial charge in [-0.3, -0.25) is 4.79 Å². The van der Waals surface area contributed by atoms with E-state index in [0.29, 0.717) is 0 Å². The normalized spacial score (nSPS) is 14.2. The first-order chi connectivity index (χ1) is 6.97. The van der Waals surface area contributed by atoms with Crippen molar-refractivity contribution in [3.63, 3.8) is 0 Å². The van der Waals surface area contributed by atoms with Gasteiger partial charge in [-0.25, -0.2) is 4.79 Å². The van der Waals surface area contributed by atoms with Gasteiger partial charge in [0.2, 0.25) is 0 Å². The van der Waals surface area contributed by atoms with Crippen molar-refractivity contribution in [3.05, 3.63) is 35.9 Å². The summed E-state index contributed by atoms with van der Waals surface area (Å²) in [6, 6.07) is 7.46. The lowest BCUT2D eigenvalue weighted by Gasteiger charge is -2.21. The molecule has 5 heteroatoms. The zero-order valence-electron chi connectivity index (χ0n) is 7.75. The van der Waals surface area contributed by atoms with Gasteiger partial charge >= 0.3 is 11.9 Å². The highest BCUT2D eigenvalue weighted by atomic mass is 16.4. The minimum atomic E-state index is -2.37. The molecule has 1 aromatic carbocycles. The van der Waals surface area contributed by atoms with Gasteiger partial charge in [0.15, 0.2) is 5.60 Å². The van der Waals surface area contributed by atoms with Crippen LogP contribution in [0.3, 0.4) is 0 Å². The van der Waals surface area contributed by atoms with E-state index in [1.165, 1.54) is 24.3 Å². The molecule has 0 amide bonds. The third-order valence-corrected chi connectivity index (χ3v) is 2.01. The first kappa shape index (κ1) is 11.2. The number of hydrogen-bond acceptors (Lipinski definition) is 3. The van der Waals surface area contributed by atoms with Crippen molar-refractivity contribution in [1.82, 2.24) is 0 Å². The maximum atomic E-state index is 10.8. The van der Waals surface area contributed by atoms with Crippen molar-refractivity contribution < 1.29 is 24.9 Å². The molecule has 0 aliphatic rings. The number of hydrogen-bond donors (Lipinski definition) is 3. The van der Waals surface area contributed by atoms with Gasteiger partial charge in [0.25, 0.3) is 0 Å². The number of rotatable bonds is 4. The molecule has 15 heavy (non-hydrogen) atoms. The minimum Gasteiger partial charge on any atom is -0.481 e. The van der Waals surface area contributed by atoms with Crippen LogP contribution < -0.4 is 0 Å². The molecule has 80 valence electrons. The summed E-state index contributed by atoms with van der Waals surface area (Å²) in [7, 11) is 0. The van der Waals surface area contributed by atoms with Crippen LogP contribution >= 0.6 is 0 Å². The Bertz CT molecular complexity index is 373. The van der Waals surface area contributed by atoms with Crippen molar-refractivity contribution in [2.75, 3.05) is 0 Å². The molecular weight excluding hydrogens is 200 g/mol. The Morgan fingerprint density at radius 3 is 2.07 bits per heavy atom. The first-order valence-corrected chi connectivity index (χ1v) is 4.20. The van der Waals surface area contributed by atoms with Crippen LogP contribution in [0.25, 0.3) is 0 Å². The van der Waals surface area contributed by atoms with Crippen molar-refractivity contribution in [1.29, 1.82) is 0 Å². The van der Waals surface area contributed by atoms with E-state index in [1.807, 2.05) is 0 Å². The van der Waals surface area contributed by atoms with E-state index >= 15 is 0 Å². The summed E-state index contributed by atoms with van der Waals surface area (Å²) in [6.07, 6.45) is -0.869. The van der Waals surface area contributed by atoms with Crippen LogP contribution in [0.4, 0.5) is 0 Å². The second kappa shape index (κ2) is 4.10. The van der Waals surface area contributed by atoms with Gasteiger partial charge in [0.05, 0.1) is 6.42 Å². The van der Waals surface area contributed by atoms with Crippen LogP contribution in [0.1, 0.15) is 12.0 Å². The highest BCUT2D eigenvalue weighted by Gasteiger charge is 2.40. The van der Waals surface area contributed by atoms with Crippen molar-refractivity contribution in [2.45, 2.75) is 12.0 Å². The third-order valence-electron chi connectivity index (χ3n) is 2.01. The molecule has 0 fully saturated rings. The lowest BCUT2D eigenvalue weighted by atomic mass is 9.91. The number of benzene rings is 1. The monoisotopic (exact) mass is 210 g/mol. The average molecular weight is 210 g/mol. The van der Waals surface area contributed by atoms with E-state index < -0.39 is 24.0 Å². The molecule has 0 radical (unpaired) electrons. The van der Waals surface area contributed by atoms with E-state index in [2.05, 4.69) is 0 Å². The Balaban J connectivity index is 3.13. The summed E-state index contributed by atoms with van der Waals surface area (Å²) in [6.45, 7) is 0. The Labute approximate surface area is 85.6 Å². The molecule has 5 nitrogen and oxygen atoms in total. The van der Waals surface area contributed by atoms with Gasteiger partial charge in [0.1, 0.15) is 0 Å². The molecule has 0 heterocycles. The number of carbonyl (C=O) groups is 2. The number of carboxylic acid groups (broad SMARTS) is 2. The molecule has 1 rings (SSSR count). The van der Waals surface area contributed by atoms with Crippen molar-refractivity contribution >= 4 is 11.9 Å². The Morgan fingerprint density at radius 2 is 1.67 bits per heavy atom. The summed E-state index contributed by atoms with van der Waals surface area (Å²) < 4.78 is 0. The highest BCUT2D eigenvalue weighted by molar-refractivity contribution is 5.85. The second-order valence-corrected chi connectivity index (χ2v) is 3.10. The largest absolute Gasteiger partial charge is 0.481 e. The molecule has 1 aromatic rings. The van der Waals surface area contributed by atoms with E-state index in [-0.39, 0.29) is 5.56 Å². The van der Waals surface area contributed by atoms with Gasteiger partial charge in [-0.05, 0) is 5.56 Å². The summed E-state index contributed by atoms with van der Waals surface area (Å²) in [5, 5.41) is 27.1. The number of aliphatic carboxylic acids is 2. The van der Waals surface area contributed by atoms with Gasteiger partial charge in [-0.15, -0.1) is 0 Å². The molecule has 0 saturated carbocycles. The van der Waals surface area contributed by atoms with Crippen molar-refractivity contribution in [2.24, 2.45) is 0 Å². The molecule has 0 spiro atoms. The predicted molar refractivity (Wildman–Crippen MR) is 50.2 cm³/mol. The van der Waals surface area contributed by atoms with Gasteiger partial charge in [-0.2, -0.15) is 0 Å². The van der Waals surface area contributed by atoms with E-state index in [1.54, 1.807) is 6.07 Å². The Hall–Kier alpha value is -1.88. The summed E-state index contributed by atoms with van der Waals surface area (Å²) >= 11 is 0. The quantitative estimate of drug-likeness (QED) is 0.670. The maximum Gasteiger partial charge on any atom is 0.341 e. The third kappa shape index (κ3) is 2.32. The fourth-order valence-corrected chi connectivity index (χ4v) is 1.23. The van der Waals surface area contributed by atoms with Crippen LogP contribution in [-0.4, -0.2) is 27.3 Å². The molecule has 0 aromatic heterocycles. The summed E-state index contributed by atoms with van der Waals surface area (Å²) in [4.78, 5) is 21.3. The standard InChI is InChI=1S/C10H10O5/c11-8(12)6-10(15,9(13)14)7-4-2-1-3-5-7/h1-5,15H,6H2,(H,11,12)(H,13,14)/t10-/m0/s1. The average Bonchev–Trinajstić information content (AvgIpc) is 2.17. The fourth-order valence-electron chi connectivity index (χ4n) is 1.23. The van der Waals surface area contributed by atoms with Gasteiger partial charge in [-0.1, -0.05) is 30.3 Å². The van der Waals surface area contributed by atoms with Crippen LogP contribution in [0, 0.1) is 0 Å². The van der Waals surface area contributed by atoms with E-state index in [0.717, 1.165) is 0 Å². The molecular formula is C10H10O5. The Morgan fingerprint density at radius 1 is 1.13 bits per heavy atom. The van der Waals surface area contributed by atoms with Crippen LogP contribution in [-0.2, 0) is 15.2 Å². The Kier molecular flexibility index (Phi) is 3.06. The lowest BCUT2D eigenvalue weighted by molar-refractivity contribution is -0.166. The summed E-state index contributed by atoms with van der Waals surface area (Å²) in [5.74, 6) is -2.94. The molecule has 1 atom stereocenters. The van der Waals surface area contributed by atoms with Crippen LogP contribution in [0.2, 0.25) is 0 Å². The van der Waals surface area contributed by atoms with Gasteiger partial charge < -0.3 is 15.3 Å². The fraction of sp³-hybridized carbons (Fsp3) is 0.200. The molecule has 0 aliphatic heterocycles. The zero-order chi connectivity index (χ0) is 11.5. The van der Waals surface area contributed by atoms with Crippen LogP contribution in [0.15, 0.2) is 30.3 Å². The predicted octanol–water partition coefficient (Wildman–Crippen LogP) is 0.433. The van der Waals surface area contributed by atoms with Gasteiger partial charge in [0, 0.05) is 0 Å². The molecule has 3 N–H and O–H groups in total. The number of aliphatic hydroxyl groups is 1. The molecule has 0 unspecified atom stereocenters. The lowest BCUT2D eigenvalue weighted by Crippen LogP contribution is -2.37. The highest BCUT2D eigenvalue weighted by Crippen LogP contribution is 2.25. The van der Waals surface area contributed by atoms with Crippen LogP contribution in [0.5, 0.6) is 0 Å². The number of carboxylic acids is 2. The molecule has 0 bridgehead atoms. The maximum absolute atomic E-state index is 10.8. The second-order valence-electron chi connectivity index (χ2n) is 3.10. The summed E-state index contributed by atoms with van der Waals surface area (Å²) in [5.41, 5.74) is -2.31. The molecule has 0 saturated heterocycles. The topological polar surface area (TPSA) is 94.8 Å². The van der Waals surface area contributed by atoms with E-state index in [4.69, 9.17) is 10.2 Å². The molecule has 0 aliphatic carbocycles. The smallest absolute Gasteiger partial charge is 0.341 e. The van der Waals surface area contributed by atoms with Crippen molar-refractivity contribution in [3.8, 4) is 0 Å².